The van der Waals surface area contributed by atoms with Crippen LogP contribution in [0.4, 0.5) is 5.82 Å². The fourth-order valence-electron chi connectivity index (χ4n) is 2.28. The lowest BCUT2D eigenvalue weighted by atomic mass is 9.79. The van der Waals surface area contributed by atoms with Crippen molar-refractivity contribution in [2.24, 2.45) is 0 Å². The minimum absolute atomic E-state index is 0.207. The quantitative estimate of drug-likeness (QED) is 0.858. The first-order valence-corrected chi connectivity index (χ1v) is 5.95. The minimum atomic E-state index is 0.207. The molecule has 2 N–H and O–H groups in total. The van der Waals surface area contributed by atoms with Gasteiger partial charge in [-0.05, 0) is 38.3 Å². The van der Waals surface area contributed by atoms with Crippen LogP contribution in [0.15, 0.2) is 30.6 Å². The van der Waals surface area contributed by atoms with Gasteiger partial charge in [-0.1, -0.05) is 6.07 Å². The lowest BCUT2D eigenvalue weighted by Gasteiger charge is -2.38. The lowest BCUT2D eigenvalue weighted by Crippen LogP contribution is -2.37. The summed E-state index contributed by atoms with van der Waals surface area (Å²) in [5.74, 6) is 0.546. The van der Waals surface area contributed by atoms with Crippen LogP contribution < -0.4 is 5.73 Å². The van der Waals surface area contributed by atoms with E-state index in [9.17, 15) is 0 Å². The molecule has 1 fully saturated rings. The molecule has 4 heteroatoms. The first-order chi connectivity index (χ1) is 8.17. The summed E-state index contributed by atoms with van der Waals surface area (Å²) in [6.45, 7) is 2.25. The van der Waals surface area contributed by atoms with Crippen LogP contribution in [0.3, 0.4) is 0 Å². The Labute approximate surface area is 100 Å². The molecule has 1 saturated carbocycles. The van der Waals surface area contributed by atoms with E-state index < -0.39 is 0 Å². The van der Waals surface area contributed by atoms with Gasteiger partial charge >= 0.3 is 0 Å². The Hall–Kier alpha value is -1.84. The molecule has 1 aliphatic carbocycles. The predicted molar refractivity (Wildman–Crippen MR) is 67.4 cm³/mol. The molecule has 0 aromatic carbocycles. The van der Waals surface area contributed by atoms with Gasteiger partial charge in [0.25, 0.3) is 0 Å². The van der Waals surface area contributed by atoms with Gasteiger partial charge in [-0.3, -0.25) is 4.68 Å². The maximum atomic E-state index is 5.69. The highest BCUT2D eigenvalue weighted by atomic mass is 15.3. The zero-order valence-corrected chi connectivity index (χ0v) is 9.93. The number of aromatic nitrogens is 3. The molecule has 3 rings (SSSR count). The second-order valence-corrected chi connectivity index (χ2v) is 4.97. The number of nitrogens with two attached hydrogens (primary N) is 1. The molecule has 2 heterocycles. The molecule has 0 aliphatic heterocycles. The maximum Gasteiger partial charge on any atom is 0.124 e. The molecule has 0 radical (unpaired) electrons. The Morgan fingerprint density at radius 3 is 2.82 bits per heavy atom. The molecule has 0 amide bonds. The first kappa shape index (κ1) is 10.3. The summed E-state index contributed by atoms with van der Waals surface area (Å²) in [7, 11) is 0. The zero-order chi connectivity index (χ0) is 11.9. The Morgan fingerprint density at radius 1 is 1.35 bits per heavy atom. The summed E-state index contributed by atoms with van der Waals surface area (Å²) in [5.41, 5.74) is 7.82. The van der Waals surface area contributed by atoms with E-state index >= 15 is 0 Å². The van der Waals surface area contributed by atoms with Crippen molar-refractivity contribution < 1.29 is 0 Å². The topological polar surface area (TPSA) is 56.7 Å². The van der Waals surface area contributed by atoms with E-state index in [-0.39, 0.29) is 5.54 Å². The van der Waals surface area contributed by atoms with E-state index in [1.807, 2.05) is 18.3 Å². The SMILES string of the molecule is CC1(n2cc(-c3cccc(N)n3)cn2)CCC1. The van der Waals surface area contributed by atoms with Crippen LogP contribution in [0, 0.1) is 0 Å². The summed E-state index contributed by atoms with van der Waals surface area (Å²) in [6.07, 6.45) is 7.64. The molecule has 0 unspecified atom stereocenters. The molecule has 4 nitrogen and oxygen atoms in total. The number of hydrogen-bond donors (Lipinski definition) is 1. The van der Waals surface area contributed by atoms with Crippen molar-refractivity contribution in [3.63, 3.8) is 0 Å². The van der Waals surface area contributed by atoms with E-state index in [2.05, 4.69) is 27.9 Å². The van der Waals surface area contributed by atoms with Crippen molar-refractivity contribution in [1.29, 1.82) is 0 Å². The van der Waals surface area contributed by atoms with Gasteiger partial charge in [-0.2, -0.15) is 5.10 Å². The number of pyridine rings is 1. The van der Waals surface area contributed by atoms with Gasteiger partial charge in [0.05, 0.1) is 17.4 Å². The fraction of sp³-hybridized carbons (Fsp3) is 0.385. The van der Waals surface area contributed by atoms with Crippen molar-refractivity contribution >= 4 is 5.82 Å². The van der Waals surface area contributed by atoms with Crippen LogP contribution in [-0.4, -0.2) is 14.8 Å². The van der Waals surface area contributed by atoms with E-state index in [4.69, 9.17) is 5.73 Å². The third-order valence-corrected chi connectivity index (χ3v) is 3.63. The second-order valence-electron chi connectivity index (χ2n) is 4.97. The molecule has 0 bridgehead atoms. The van der Waals surface area contributed by atoms with Crippen molar-refractivity contribution in [3.8, 4) is 11.3 Å². The van der Waals surface area contributed by atoms with Crippen molar-refractivity contribution in [2.45, 2.75) is 31.7 Å². The van der Waals surface area contributed by atoms with Crippen LogP contribution in [0.5, 0.6) is 0 Å². The first-order valence-electron chi connectivity index (χ1n) is 5.95. The van der Waals surface area contributed by atoms with Crippen LogP contribution >= 0.6 is 0 Å². The molecule has 17 heavy (non-hydrogen) atoms. The Kier molecular flexibility index (Phi) is 2.18. The van der Waals surface area contributed by atoms with Crippen molar-refractivity contribution in [2.75, 3.05) is 5.73 Å². The molecule has 2 aromatic heterocycles. The molecule has 0 spiro atoms. The molecule has 0 atom stereocenters. The zero-order valence-electron chi connectivity index (χ0n) is 9.93. The average molecular weight is 228 g/mol. The highest BCUT2D eigenvalue weighted by Gasteiger charge is 2.34. The maximum absolute atomic E-state index is 5.69. The third kappa shape index (κ3) is 1.69. The normalized spacial score (nSPS) is 17.7. The van der Waals surface area contributed by atoms with Crippen molar-refractivity contribution in [1.82, 2.24) is 14.8 Å². The van der Waals surface area contributed by atoms with Crippen LogP contribution in [0.1, 0.15) is 26.2 Å². The fourth-order valence-corrected chi connectivity index (χ4v) is 2.28. The highest BCUT2D eigenvalue weighted by molar-refractivity contribution is 5.58. The average Bonchev–Trinajstić information content (AvgIpc) is 2.75. The van der Waals surface area contributed by atoms with Gasteiger partial charge in [0.15, 0.2) is 0 Å². The van der Waals surface area contributed by atoms with Crippen LogP contribution in [0.25, 0.3) is 11.3 Å². The molecular weight excluding hydrogens is 212 g/mol. The molecule has 0 saturated heterocycles. The van der Waals surface area contributed by atoms with E-state index in [0.29, 0.717) is 5.82 Å². The van der Waals surface area contributed by atoms with Crippen molar-refractivity contribution in [3.05, 3.63) is 30.6 Å². The summed E-state index contributed by atoms with van der Waals surface area (Å²) in [4.78, 5) is 4.31. The predicted octanol–water partition coefficient (Wildman–Crippen LogP) is 2.43. The van der Waals surface area contributed by atoms with Gasteiger partial charge in [-0.15, -0.1) is 0 Å². The Morgan fingerprint density at radius 2 is 2.18 bits per heavy atom. The monoisotopic (exact) mass is 228 g/mol. The smallest absolute Gasteiger partial charge is 0.124 e. The van der Waals surface area contributed by atoms with E-state index in [0.717, 1.165) is 11.3 Å². The third-order valence-electron chi connectivity index (χ3n) is 3.63. The van der Waals surface area contributed by atoms with Gasteiger partial charge in [0.2, 0.25) is 0 Å². The van der Waals surface area contributed by atoms with Gasteiger partial charge < -0.3 is 5.73 Å². The second kappa shape index (κ2) is 3.58. The summed E-state index contributed by atoms with van der Waals surface area (Å²) in [6, 6.07) is 5.67. The van der Waals surface area contributed by atoms with Crippen LogP contribution in [0.2, 0.25) is 0 Å². The van der Waals surface area contributed by atoms with E-state index in [1.165, 1.54) is 19.3 Å². The molecular formula is C13H16N4. The summed E-state index contributed by atoms with van der Waals surface area (Å²) < 4.78 is 2.07. The number of anilines is 1. The largest absolute Gasteiger partial charge is 0.384 e. The summed E-state index contributed by atoms with van der Waals surface area (Å²) in [5, 5.41) is 4.45. The van der Waals surface area contributed by atoms with Gasteiger partial charge in [-0.25, -0.2) is 4.98 Å². The Bertz CT molecular complexity index is 540. The van der Waals surface area contributed by atoms with Gasteiger partial charge in [0, 0.05) is 11.8 Å². The van der Waals surface area contributed by atoms with E-state index in [1.54, 1.807) is 6.07 Å². The number of hydrogen-bond acceptors (Lipinski definition) is 3. The Balaban J connectivity index is 1.95. The molecule has 2 aromatic rings. The number of rotatable bonds is 2. The standard InChI is InChI=1S/C13H16N4/c1-13(6-3-7-13)17-9-10(8-15-17)11-4-2-5-12(14)16-11/h2,4-5,8-9H,3,6-7H2,1H3,(H2,14,16). The van der Waals surface area contributed by atoms with Crippen LogP contribution in [-0.2, 0) is 5.54 Å². The number of nitrogens with zero attached hydrogens (tertiary/aromatic N) is 3. The lowest BCUT2D eigenvalue weighted by molar-refractivity contribution is 0.149. The number of nitrogen functional groups attached to an aromatic ring is 1. The molecule has 1 aliphatic rings. The highest BCUT2D eigenvalue weighted by Crippen LogP contribution is 2.38. The molecule has 88 valence electrons. The van der Waals surface area contributed by atoms with Gasteiger partial charge in [0.1, 0.15) is 5.82 Å². The minimum Gasteiger partial charge on any atom is -0.384 e. The summed E-state index contributed by atoms with van der Waals surface area (Å²) >= 11 is 0.